The van der Waals surface area contributed by atoms with E-state index in [1.165, 1.54) is 5.56 Å². The maximum atomic E-state index is 12.5. The maximum Gasteiger partial charge on any atom is 0.240 e. The predicted molar refractivity (Wildman–Crippen MR) is 97.5 cm³/mol. The van der Waals surface area contributed by atoms with Crippen LogP contribution in [0.15, 0.2) is 42.7 Å². The first-order valence-corrected chi connectivity index (χ1v) is 9.02. The molecule has 2 heterocycles. The molecular weight excluding hydrogens is 314 g/mol. The van der Waals surface area contributed by atoms with Crippen molar-refractivity contribution in [3.05, 3.63) is 54.1 Å². The predicted octanol–water partition coefficient (Wildman–Crippen LogP) is 2.87. The van der Waals surface area contributed by atoms with E-state index in [4.69, 9.17) is 4.74 Å². The highest BCUT2D eigenvalue weighted by Crippen LogP contribution is 2.34. The van der Waals surface area contributed by atoms with E-state index in [0.29, 0.717) is 19.0 Å². The van der Waals surface area contributed by atoms with Gasteiger partial charge < -0.3 is 14.6 Å². The molecule has 1 N–H and O–H groups in total. The molecule has 0 aliphatic carbocycles. The van der Waals surface area contributed by atoms with Gasteiger partial charge in [0, 0.05) is 43.5 Å². The minimum atomic E-state index is -0.0367. The molecule has 0 bridgehead atoms. The first-order chi connectivity index (χ1) is 12.1. The molecule has 0 radical (unpaired) electrons. The summed E-state index contributed by atoms with van der Waals surface area (Å²) in [5.41, 5.74) is 1.24. The summed E-state index contributed by atoms with van der Waals surface area (Å²) in [6, 6.07) is 10.5. The third-order valence-electron chi connectivity index (χ3n) is 5.04. The minimum absolute atomic E-state index is 0.0293. The maximum absolute atomic E-state index is 12.5. The molecule has 1 fully saturated rings. The average Bonchev–Trinajstić information content (AvgIpc) is 3.10. The summed E-state index contributed by atoms with van der Waals surface area (Å²) in [6.07, 6.45) is 5.49. The van der Waals surface area contributed by atoms with Crippen molar-refractivity contribution in [2.45, 2.75) is 44.6 Å². The third kappa shape index (κ3) is 4.10. The second kappa shape index (κ2) is 7.83. The van der Waals surface area contributed by atoms with Crippen LogP contribution in [0.3, 0.4) is 0 Å². The van der Waals surface area contributed by atoms with Gasteiger partial charge in [0.1, 0.15) is 12.4 Å². The number of nitrogens with one attached hydrogen (secondary N) is 1. The van der Waals surface area contributed by atoms with E-state index in [0.717, 1.165) is 31.9 Å². The zero-order valence-corrected chi connectivity index (χ0v) is 15.1. The Morgan fingerprint density at radius 1 is 1.28 bits per heavy atom. The summed E-state index contributed by atoms with van der Waals surface area (Å²) in [6.45, 7) is 6.61. The number of amides is 1. The van der Waals surface area contributed by atoms with Gasteiger partial charge in [-0.05, 0) is 18.4 Å². The largest absolute Gasteiger partial charge is 0.381 e. The van der Waals surface area contributed by atoms with Crippen LogP contribution in [0.5, 0.6) is 0 Å². The van der Waals surface area contributed by atoms with Gasteiger partial charge >= 0.3 is 0 Å². The van der Waals surface area contributed by atoms with Crippen LogP contribution in [0.1, 0.15) is 44.0 Å². The molecule has 134 valence electrons. The van der Waals surface area contributed by atoms with Crippen molar-refractivity contribution in [1.82, 2.24) is 14.9 Å². The van der Waals surface area contributed by atoms with Gasteiger partial charge in [0.2, 0.25) is 5.91 Å². The van der Waals surface area contributed by atoms with E-state index < -0.39 is 0 Å². The fourth-order valence-electron chi connectivity index (χ4n) is 3.55. The quantitative estimate of drug-likeness (QED) is 0.879. The molecule has 1 aliphatic heterocycles. The van der Waals surface area contributed by atoms with E-state index in [9.17, 15) is 4.79 Å². The van der Waals surface area contributed by atoms with Crippen molar-refractivity contribution >= 4 is 5.91 Å². The van der Waals surface area contributed by atoms with Crippen LogP contribution in [0.25, 0.3) is 0 Å². The van der Waals surface area contributed by atoms with Gasteiger partial charge in [-0.1, -0.05) is 44.2 Å². The molecule has 1 aromatic heterocycles. The van der Waals surface area contributed by atoms with E-state index in [-0.39, 0.29) is 11.3 Å². The molecule has 5 heteroatoms. The second-order valence-electron chi connectivity index (χ2n) is 7.10. The Morgan fingerprint density at radius 2 is 2.00 bits per heavy atom. The molecule has 1 saturated heterocycles. The van der Waals surface area contributed by atoms with Crippen LogP contribution in [0, 0.1) is 0 Å². The normalized spacial score (nSPS) is 16.8. The van der Waals surface area contributed by atoms with E-state index >= 15 is 0 Å². The summed E-state index contributed by atoms with van der Waals surface area (Å²) in [5.74, 6) is 1.27. The number of hydrogen-bond acceptors (Lipinski definition) is 3. The lowest BCUT2D eigenvalue weighted by atomic mass is 9.74. The van der Waals surface area contributed by atoms with Gasteiger partial charge in [0.05, 0.1) is 0 Å². The van der Waals surface area contributed by atoms with Gasteiger partial charge in [0.15, 0.2) is 0 Å². The zero-order chi connectivity index (χ0) is 17.7. The highest BCUT2D eigenvalue weighted by Gasteiger charge is 2.34. The van der Waals surface area contributed by atoms with Gasteiger partial charge in [-0.15, -0.1) is 0 Å². The molecule has 3 rings (SSSR count). The van der Waals surface area contributed by atoms with Crippen LogP contribution in [0.2, 0.25) is 0 Å². The minimum Gasteiger partial charge on any atom is -0.381 e. The number of imidazole rings is 1. The molecule has 1 amide bonds. The van der Waals surface area contributed by atoms with E-state index in [2.05, 4.69) is 48.4 Å². The topological polar surface area (TPSA) is 56.2 Å². The Kier molecular flexibility index (Phi) is 5.53. The molecule has 5 nitrogen and oxygen atoms in total. The zero-order valence-electron chi connectivity index (χ0n) is 15.1. The highest BCUT2D eigenvalue weighted by molar-refractivity contribution is 5.76. The first-order valence-electron chi connectivity index (χ1n) is 9.02. The average molecular weight is 341 g/mol. The Morgan fingerprint density at radius 3 is 2.68 bits per heavy atom. The van der Waals surface area contributed by atoms with E-state index in [1.54, 1.807) is 6.20 Å². The highest BCUT2D eigenvalue weighted by atomic mass is 16.5. The van der Waals surface area contributed by atoms with Crippen LogP contribution in [-0.4, -0.2) is 35.2 Å². The Bertz CT molecular complexity index is 688. The number of carbonyl (C=O) groups is 1. The summed E-state index contributed by atoms with van der Waals surface area (Å²) in [7, 11) is 0. The third-order valence-corrected chi connectivity index (χ3v) is 5.04. The lowest BCUT2D eigenvalue weighted by Gasteiger charge is -2.38. The number of carbonyl (C=O) groups excluding carboxylic acids is 1. The SMILES string of the molecule is CC(C)c1nccn1CC(=O)NCC1(c2ccccc2)CCOCC1. The van der Waals surface area contributed by atoms with Crippen molar-refractivity contribution in [1.29, 1.82) is 0 Å². The molecule has 25 heavy (non-hydrogen) atoms. The van der Waals surface area contributed by atoms with Crippen molar-refractivity contribution in [2.75, 3.05) is 19.8 Å². The smallest absolute Gasteiger partial charge is 0.240 e. The van der Waals surface area contributed by atoms with Crippen LogP contribution in [-0.2, 0) is 21.5 Å². The Balaban J connectivity index is 1.67. The standard InChI is InChI=1S/C20H27N3O2/c1-16(2)19-21-10-11-23(19)14-18(24)22-15-20(8-12-25-13-9-20)17-6-4-3-5-7-17/h3-7,10-11,16H,8-9,12-15H2,1-2H3,(H,22,24). The summed E-state index contributed by atoms with van der Waals surface area (Å²) in [5, 5.41) is 3.15. The fraction of sp³-hybridized carbons (Fsp3) is 0.500. The molecular formula is C20H27N3O2. The summed E-state index contributed by atoms with van der Waals surface area (Å²) >= 11 is 0. The lowest BCUT2D eigenvalue weighted by Crippen LogP contribution is -2.45. The molecule has 0 saturated carbocycles. The first kappa shape index (κ1) is 17.7. The summed E-state index contributed by atoms with van der Waals surface area (Å²) < 4.78 is 7.49. The van der Waals surface area contributed by atoms with Crippen LogP contribution >= 0.6 is 0 Å². The molecule has 0 spiro atoms. The molecule has 1 aromatic carbocycles. The summed E-state index contributed by atoms with van der Waals surface area (Å²) in [4.78, 5) is 16.9. The number of benzene rings is 1. The second-order valence-corrected chi connectivity index (χ2v) is 7.10. The monoisotopic (exact) mass is 341 g/mol. The van der Waals surface area contributed by atoms with E-state index in [1.807, 2.05) is 16.8 Å². The van der Waals surface area contributed by atoms with Gasteiger partial charge in [-0.2, -0.15) is 0 Å². The molecule has 0 atom stereocenters. The van der Waals surface area contributed by atoms with Gasteiger partial charge in [-0.25, -0.2) is 4.98 Å². The van der Waals surface area contributed by atoms with Crippen LogP contribution in [0.4, 0.5) is 0 Å². The Labute approximate surface area is 149 Å². The van der Waals surface area contributed by atoms with Gasteiger partial charge in [-0.3, -0.25) is 4.79 Å². The van der Waals surface area contributed by atoms with Crippen molar-refractivity contribution in [3.8, 4) is 0 Å². The number of hydrogen-bond donors (Lipinski definition) is 1. The number of rotatable bonds is 6. The fourth-order valence-corrected chi connectivity index (χ4v) is 3.55. The van der Waals surface area contributed by atoms with Crippen molar-refractivity contribution in [3.63, 3.8) is 0 Å². The van der Waals surface area contributed by atoms with Gasteiger partial charge in [0.25, 0.3) is 0 Å². The number of aromatic nitrogens is 2. The van der Waals surface area contributed by atoms with Crippen molar-refractivity contribution < 1.29 is 9.53 Å². The molecule has 2 aromatic rings. The molecule has 0 unspecified atom stereocenters. The number of nitrogens with zero attached hydrogens (tertiary/aromatic N) is 2. The number of ether oxygens (including phenoxy) is 1. The van der Waals surface area contributed by atoms with Crippen molar-refractivity contribution in [2.24, 2.45) is 0 Å². The lowest BCUT2D eigenvalue weighted by molar-refractivity contribution is -0.122. The van der Waals surface area contributed by atoms with Crippen LogP contribution < -0.4 is 5.32 Å². The molecule has 1 aliphatic rings. The Hall–Kier alpha value is -2.14.